The number of imidazole rings is 1. The van der Waals surface area contributed by atoms with E-state index in [2.05, 4.69) is 27.0 Å². The summed E-state index contributed by atoms with van der Waals surface area (Å²) in [7, 11) is 1.43. The second-order valence-electron chi connectivity index (χ2n) is 7.55. The number of carbonyl (C=O) groups excluding carboxylic acids is 1. The van der Waals surface area contributed by atoms with Gasteiger partial charge in [0.15, 0.2) is 11.2 Å². The molecule has 0 amide bonds. The van der Waals surface area contributed by atoms with Gasteiger partial charge in [0.25, 0.3) is 5.56 Å². The molecule has 0 radical (unpaired) electrons. The van der Waals surface area contributed by atoms with Crippen molar-refractivity contribution in [1.29, 1.82) is 0 Å². The lowest BCUT2D eigenvalue weighted by atomic mass is 10.4. The van der Waals surface area contributed by atoms with Gasteiger partial charge in [-0.2, -0.15) is 18.2 Å². The van der Waals surface area contributed by atoms with E-state index in [1.807, 2.05) is 0 Å². The summed E-state index contributed by atoms with van der Waals surface area (Å²) in [6, 6.07) is 0. The number of hydrogen-bond donors (Lipinski definition) is 2. The van der Waals surface area contributed by atoms with Gasteiger partial charge in [-0.1, -0.05) is 12.0 Å². The molecule has 1 saturated heterocycles. The van der Waals surface area contributed by atoms with E-state index in [4.69, 9.17) is 14.6 Å². The normalized spacial score (nSPS) is 13.6. The Morgan fingerprint density at radius 2 is 1.84 bits per heavy atom. The standard InChI is InChI=1S/C20H26N6O4.C2HF3O2/c1-4-6-11-25-16-17(22-19(25)24-13-9-21-10-14-24)26(20(29)23(3)18(16)28)12-7-8-15(27)30-5-2;3-2(4,5)1(6)7/h7-8,21H,5,9-14H2,1-3H3;(H,6,7). The third kappa shape index (κ3) is 7.23. The van der Waals surface area contributed by atoms with Gasteiger partial charge in [-0.05, 0) is 13.8 Å². The molecule has 1 fully saturated rings. The van der Waals surface area contributed by atoms with Gasteiger partial charge in [0.1, 0.15) is 0 Å². The number of fused-ring (bicyclic) bond motifs is 1. The van der Waals surface area contributed by atoms with E-state index in [9.17, 15) is 27.6 Å². The molecule has 37 heavy (non-hydrogen) atoms. The molecular weight excluding hydrogens is 501 g/mol. The van der Waals surface area contributed by atoms with Crippen LogP contribution in [0.25, 0.3) is 11.2 Å². The van der Waals surface area contributed by atoms with E-state index in [-0.39, 0.29) is 18.8 Å². The Morgan fingerprint density at radius 1 is 1.22 bits per heavy atom. The monoisotopic (exact) mass is 528 g/mol. The molecular formula is C22H27F3N6O6. The molecule has 0 unspecified atom stereocenters. The van der Waals surface area contributed by atoms with Crippen molar-refractivity contribution in [2.75, 3.05) is 37.7 Å². The molecule has 15 heteroatoms. The van der Waals surface area contributed by atoms with Crippen LogP contribution in [-0.2, 0) is 34.5 Å². The molecule has 3 rings (SSSR count). The van der Waals surface area contributed by atoms with E-state index in [0.717, 1.165) is 30.7 Å². The Hall–Kier alpha value is -4.06. The zero-order valence-electron chi connectivity index (χ0n) is 20.5. The summed E-state index contributed by atoms with van der Waals surface area (Å²) < 4.78 is 40.8. The first-order valence-electron chi connectivity index (χ1n) is 11.1. The van der Waals surface area contributed by atoms with Crippen molar-refractivity contribution in [3.05, 3.63) is 33.0 Å². The lowest BCUT2D eigenvalue weighted by Gasteiger charge is -2.28. The van der Waals surface area contributed by atoms with Crippen molar-refractivity contribution in [2.24, 2.45) is 7.05 Å². The number of nitrogens with one attached hydrogen (secondary N) is 1. The van der Waals surface area contributed by atoms with Gasteiger partial charge in [-0.25, -0.2) is 14.4 Å². The summed E-state index contributed by atoms with van der Waals surface area (Å²) >= 11 is 0. The third-order valence-corrected chi connectivity index (χ3v) is 5.09. The molecule has 0 atom stereocenters. The molecule has 0 saturated carbocycles. The van der Waals surface area contributed by atoms with Crippen LogP contribution in [0.5, 0.6) is 0 Å². The minimum absolute atomic E-state index is 0.0831. The molecule has 1 aliphatic rings. The fourth-order valence-electron chi connectivity index (χ4n) is 3.37. The van der Waals surface area contributed by atoms with Crippen LogP contribution in [0, 0.1) is 11.8 Å². The third-order valence-electron chi connectivity index (χ3n) is 5.09. The van der Waals surface area contributed by atoms with Crippen LogP contribution in [-0.4, -0.2) is 74.7 Å². The van der Waals surface area contributed by atoms with Gasteiger partial charge in [0.2, 0.25) is 5.95 Å². The Morgan fingerprint density at radius 3 is 2.38 bits per heavy atom. The largest absolute Gasteiger partial charge is 0.490 e. The van der Waals surface area contributed by atoms with Gasteiger partial charge >= 0.3 is 23.8 Å². The molecule has 2 aromatic heterocycles. The fourth-order valence-corrected chi connectivity index (χ4v) is 3.37. The lowest BCUT2D eigenvalue weighted by molar-refractivity contribution is -0.192. The van der Waals surface area contributed by atoms with Crippen molar-refractivity contribution in [2.45, 2.75) is 33.1 Å². The first kappa shape index (κ1) is 29.2. The number of carboxylic acid groups (broad SMARTS) is 1. The van der Waals surface area contributed by atoms with Crippen LogP contribution < -0.4 is 21.5 Å². The van der Waals surface area contributed by atoms with Crippen LogP contribution in [0.3, 0.4) is 0 Å². The molecule has 2 aromatic rings. The number of allylic oxidation sites excluding steroid dienone is 1. The lowest BCUT2D eigenvalue weighted by Crippen LogP contribution is -2.44. The molecule has 0 aliphatic carbocycles. The molecule has 202 valence electrons. The summed E-state index contributed by atoms with van der Waals surface area (Å²) in [5.41, 5.74) is -0.326. The zero-order chi connectivity index (χ0) is 27.8. The van der Waals surface area contributed by atoms with Gasteiger partial charge in [-0.15, -0.1) is 5.92 Å². The maximum absolute atomic E-state index is 13.0. The molecule has 2 N–H and O–H groups in total. The number of carbonyl (C=O) groups is 2. The van der Waals surface area contributed by atoms with Gasteiger partial charge in [0, 0.05) is 45.8 Å². The second-order valence-corrected chi connectivity index (χ2v) is 7.55. The Balaban J connectivity index is 0.000000604. The quantitative estimate of drug-likeness (QED) is 0.303. The van der Waals surface area contributed by atoms with E-state index < -0.39 is 29.4 Å². The molecule has 1 aliphatic heterocycles. The number of hydrogen-bond acceptors (Lipinski definition) is 8. The first-order chi connectivity index (χ1) is 17.4. The first-order valence-corrected chi connectivity index (χ1v) is 11.1. The number of aromatic nitrogens is 4. The smallest absolute Gasteiger partial charge is 0.475 e. The SMILES string of the molecule is CC#CCn1c(N2CCNCC2)nc2c1c(=O)n(C)c(=O)n2CC=CC(=O)OCC.O=C(O)C(F)(F)F. The van der Waals surface area contributed by atoms with Crippen LogP contribution >= 0.6 is 0 Å². The molecule has 3 heterocycles. The van der Waals surface area contributed by atoms with Gasteiger partial charge in [-0.3, -0.25) is 18.5 Å². The Labute approximate surface area is 208 Å². The highest BCUT2D eigenvalue weighted by molar-refractivity contribution is 5.82. The zero-order valence-corrected chi connectivity index (χ0v) is 20.5. The van der Waals surface area contributed by atoms with Crippen LogP contribution in [0.1, 0.15) is 13.8 Å². The molecule has 0 bridgehead atoms. The second kappa shape index (κ2) is 12.8. The van der Waals surface area contributed by atoms with Crippen molar-refractivity contribution < 1.29 is 32.6 Å². The summed E-state index contributed by atoms with van der Waals surface area (Å²) in [4.78, 5) is 53.0. The summed E-state index contributed by atoms with van der Waals surface area (Å²) in [5, 5.41) is 10.4. The average Bonchev–Trinajstić information content (AvgIpc) is 3.23. The predicted octanol–water partition coefficient (Wildman–Crippen LogP) is 0.0822. The molecule has 0 aromatic carbocycles. The summed E-state index contributed by atoms with van der Waals surface area (Å²) in [5.74, 6) is 3.21. The van der Waals surface area contributed by atoms with E-state index in [0.29, 0.717) is 18.0 Å². The molecule has 12 nitrogen and oxygen atoms in total. The Kier molecular flexibility index (Phi) is 10.1. The van der Waals surface area contributed by atoms with Crippen molar-refractivity contribution in [3.63, 3.8) is 0 Å². The highest BCUT2D eigenvalue weighted by atomic mass is 19.4. The number of carboxylic acids is 1. The maximum Gasteiger partial charge on any atom is 0.490 e. The minimum Gasteiger partial charge on any atom is -0.475 e. The van der Waals surface area contributed by atoms with Crippen molar-refractivity contribution >= 4 is 29.1 Å². The van der Waals surface area contributed by atoms with E-state index in [1.165, 1.54) is 23.8 Å². The topological polar surface area (TPSA) is 141 Å². The number of nitrogens with zero attached hydrogens (tertiary/aromatic N) is 5. The van der Waals surface area contributed by atoms with Crippen LogP contribution in [0.15, 0.2) is 21.7 Å². The van der Waals surface area contributed by atoms with Gasteiger partial charge in [0.05, 0.1) is 13.2 Å². The van der Waals surface area contributed by atoms with Crippen LogP contribution in [0.2, 0.25) is 0 Å². The number of esters is 1. The van der Waals surface area contributed by atoms with E-state index in [1.54, 1.807) is 18.4 Å². The van der Waals surface area contributed by atoms with Crippen molar-refractivity contribution in [3.8, 4) is 11.8 Å². The average molecular weight is 528 g/mol. The number of piperazine rings is 1. The van der Waals surface area contributed by atoms with Gasteiger partial charge < -0.3 is 20.1 Å². The minimum atomic E-state index is -5.08. The Bertz CT molecular complexity index is 1340. The highest BCUT2D eigenvalue weighted by Crippen LogP contribution is 2.20. The summed E-state index contributed by atoms with van der Waals surface area (Å²) in [6.07, 6.45) is -2.29. The van der Waals surface area contributed by atoms with Crippen LogP contribution in [0.4, 0.5) is 19.1 Å². The van der Waals surface area contributed by atoms with E-state index >= 15 is 0 Å². The highest BCUT2D eigenvalue weighted by Gasteiger charge is 2.38. The predicted molar refractivity (Wildman–Crippen MR) is 127 cm³/mol. The number of rotatable bonds is 6. The number of aliphatic carboxylic acids is 1. The molecule has 0 spiro atoms. The number of anilines is 1. The fraction of sp³-hybridized carbons (Fsp3) is 0.500. The number of alkyl halides is 3. The number of ether oxygens (including phenoxy) is 1. The summed E-state index contributed by atoms with van der Waals surface area (Å²) in [6.45, 7) is 7.16. The maximum atomic E-state index is 13.0. The van der Waals surface area contributed by atoms with Crippen molar-refractivity contribution in [1.82, 2.24) is 24.0 Å². The number of halogens is 3.